The van der Waals surface area contributed by atoms with E-state index in [0.29, 0.717) is 64.9 Å². The highest BCUT2D eigenvalue weighted by molar-refractivity contribution is 5.91. The van der Waals surface area contributed by atoms with E-state index in [2.05, 4.69) is 26.1 Å². The summed E-state index contributed by atoms with van der Waals surface area (Å²) in [4.78, 5) is 13.0. The minimum absolute atomic E-state index is 0.0317. The van der Waals surface area contributed by atoms with E-state index in [0.717, 1.165) is 38.5 Å². The largest absolute Gasteiger partial charge is 0.493 e. The molecule has 7 nitrogen and oxygen atoms in total. The van der Waals surface area contributed by atoms with Gasteiger partial charge in [0.05, 0.1) is 33.5 Å². The number of hydrogen-bond acceptors (Lipinski definition) is 6. The first kappa shape index (κ1) is 29.5. The zero-order valence-electron chi connectivity index (χ0n) is 25.4. The molecule has 4 aliphatic carbocycles. The summed E-state index contributed by atoms with van der Waals surface area (Å²) in [5.74, 6) is 4.62. The molecule has 7 heteroatoms. The van der Waals surface area contributed by atoms with Crippen LogP contribution in [0.3, 0.4) is 0 Å². The second-order valence-corrected chi connectivity index (χ2v) is 13.9. The molecule has 4 aliphatic rings. The van der Waals surface area contributed by atoms with Gasteiger partial charge in [0.15, 0.2) is 11.5 Å². The summed E-state index contributed by atoms with van der Waals surface area (Å²) in [6, 6.07) is 3.50. The highest BCUT2D eigenvalue weighted by Gasteiger charge is 2.63. The van der Waals surface area contributed by atoms with Crippen LogP contribution in [-0.2, 0) is 4.79 Å². The number of anilines is 1. The first-order chi connectivity index (χ1) is 19.1. The molecule has 0 bridgehead atoms. The van der Waals surface area contributed by atoms with Crippen molar-refractivity contribution >= 4 is 11.6 Å². The van der Waals surface area contributed by atoms with E-state index < -0.39 is 0 Å². The first-order valence-corrected chi connectivity index (χ1v) is 15.5. The van der Waals surface area contributed by atoms with Gasteiger partial charge in [-0.2, -0.15) is 0 Å². The van der Waals surface area contributed by atoms with Gasteiger partial charge in [-0.15, -0.1) is 0 Å². The Morgan fingerprint density at radius 3 is 2.33 bits per heavy atom. The predicted molar refractivity (Wildman–Crippen MR) is 156 cm³/mol. The van der Waals surface area contributed by atoms with Crippen LogP contribution < -0.4 is 19.5 Å². The lowest BCUT2D eigenvalue weighted by molar-refractivity contribution is -0.174. The third-order valence-electron chi connectivity index (χ3n) is 12.3. The van der Waals surface area contributed by atoms with Crippen molar-refractivity contribution in [2.24, 2.45) is 46.3 Å². The highest BCUT2D eigenvalue weighted by Crippen LogP contribution is 2.68. The molecular formula is C33H51NO6. The Morgan fingerprint density at radius 2 is 1.68 bits per heavy atom. The normalized spacial score (nSPS) is 39.4. The van der Waals surface area contributed by atoms with E-state index in [1.807, 2.05) is 0 Å². The van der Waals surface area contributed by atoms with Gasteiger partial charge < -0.3 is 29.7 Å². The minimum Gasteiger partial charge on any atom is -0.493 e. The average Bonchev–Trinajstić information content (AvgIpc) is 3.30. The molecule has 3 N–H and O–H groups in total. The second kappa shape index (κ2) is 11.4. The molecule has 10 unspecified atom stereocenters. The zero-order chi connectivity index (χ0) is 28.8. The third-order valence-corrected chi connectivity index (χ3v) is 12.3. The number of amides is 1. The van der Waals surface area contributed by atoms with E-state index in [1.54, 1.807) is 33.5 Å². The van der Waals surface area contributed by atoms with Crippen LogP contribution in [0.5, 0.6) is 17.2 Å². The lowest BCUT2D eigenvalue weighted by atomic mass is 9.43. The van der Waals surface area contributed by atoms with Crippen molar-refractivity contribution in [1.82, 2.24) is 0 Å². The maximum atomic E-state index is 13.0. The summed E-state index contributed by atoms with van der Waals surface area (Å²) < 4.78 is 16.2. The molecule has 4 fully saturated rings. The molecule has 0 aromatic heterocycles. The molecule has 0 spiro atoms. The number of carbonyl (C=O) groups is 1. The van der Waals surface area contributed by atoms with Crippen LogP contribution in [0.2, 0.25) is 0 Å². The predicted octanol–water partition coefficient (Wildman–Crippen LogP) is 6.06. The number of hydrogen-bond donors (Lipinski definition) is 3. The summed E-state index contributed by atoms with van der Waals surface area (Å²) in [6.07, 6.45) is 9.40. The average molecular weight is 558 g/mol. The van der Waals surface area contributed by atoms with E-state index in [-0.39, 0.29) is 28.9 Å². The molecule has 40 heavy (non-hydrogen) atoms. The number of nitrogens with one attached hydrogen (secondary N) is 1. The van der Waals surface area contributed by atoms with E-state index in [9.17, 15) is 15.0 Å². The molecule has 10 atom stereocenters. The molecule has 224 valence electrons. The van der Waals surface area contributed by atoms with Crippen LogP contribution >= 0.6 is 0 Å². The Balaban J connectivity index is 1.24. The lowest BCUT2D eigenvalue weighted by Gasteiger charge is -2.62. The molecule has 0 radical (unpaired) electrons. The van der Waals surface area contributed by atoms with Crippen molar-refractivity contribution in [1.29, 1.82) is 0 Å². The van der Waals surface area contributed by atoms with Gasteiger partial charge in [0.1, 0.15) is 0 Å². The number of aliphatic hydroxyl groups is 2. The molecule has 1 aromatic rings. The second-order valence-electron chi connectivity index (χ2n) is 13.9. The number of rotatable bonds is 8. The van der Waals surface area contributed by atoms with Gasteiger partial charge >= 0.3 is 0 Å². The van der Waals surface area contributed by atoms with E-state index in [1.165, 1.54) is 19.3 Å². The number of methoxy groups -OCH3 is 3. The van der Waals surface area contributed by atoms with Gasteiger partial charge in [-0.05, 0) is 104 Å². The minimum atomic E-state index is -0.302. The van der Waals surface area contributed by atoms with Crippen LogP contribution in [0.15, 0.2) is 12.1 Å². The Kier molecular flexibility index (Phi) is 8.37. The van der Waals surface area contributed by atoms with E-state index >= 15 is 0 Å². The van der Waals surface area contributed by atoms with Gasteiger partial charge in [-0.3, -0.25) is 4.79 Å². The van der Waals surface area contributed by atoms with Crippen molar-refractivity contribution in [2.75, 3.05) is 26.6 Å². The Hall–Kier alpha value is -1.99. The molecule has 4 saturated carbocycles. The fraction of sp³-hybridized carbons (Fsp3) is 0.788. The SMILES string of the molecule is COc1cc(NC(=O)CCC(C)C2CCC3C4CCC5CC(O)CCC5(C)C4CC(O)C23C)cc(OC)c1OC. The quantitative estimate of drug-likeness (QED) is 0.360. The molecule has 1 amide bonds. The molecule has 5 rings (SSSR count). The van der Waals surface area contributed by atoms with Crippen molar-refractivity contribution in [2.45, 2.75) is 97.2 Å². The maximum absolute atomic E-state index is 13.0. The first-order valence-electron chi connectivity index (χ1n) is 15.5. The molecule has 0 heterocycles. The summed E-state index contributed by atoms with van der Waals surface area (Å²) >= 11 is 0. The van der Waals surface area contributed by atoms with Crippen molar-refractivity contribution in [3.63, 3.8) is 0 Å². The van der Waals surface area contributed by atoms with Crippen LogP contribution in [0.4, 0.5) is 5.69 Å². The van der Waals surface area contributed by atoms with Gasteiger partial charge in [0, 0.05) is 24.2 Å². The van der Waals surface area contributed by atoms with Crippen LogP contribution in [0, 0.1) is 46.3 Å². The van der Waals surface area contributed by atoms with E-state index in [4.69, 9.17) is 14.2 Å². The van der Waals surface area contributed by atoms with Crippen molar-refractivity contribution < 1.29 is 29.2 Å². The van der Waals surface area contributed by atoms with Crippen LogP contribution in [-0.4, -0.2) is 49.7 Å². The number of fused-ring (bicyclic) bond motifs is 5. The molecule has 0 saturated heterocycles. The van der Waals surface area contributed by atoms with Crippen molar-refractivity contribution in [3.05, 3.63) is 12.1 Å². The Bertz CT molecular complexity index is 1050. The summed E-state index contributed by atoms with van der Waals surface area (Å²) in [5, 5.41) is 25.2. The molecular weight excluding hydrogens is 506 g/mol. The van der Waals surface area contributed by atoms with Gasteiger partial charge in [-0.1, -0.05) is 20.8 Å². The van der Waals surface area contributed by atoms with Gasteiger partial charge in [0.2, 0.25) is 11.7 Å². The Morgan fingerprint density at radius 1 is 0.975 bits per heavy atom. The number of ether oxygens (including phenoxy) is 3. The molecule has 0 aliphatic heterocycles. The number of aliphatic hydroxyl groups excluding tert-OH is 2. The number of carbonyl (C=O) groups excluding carboxylic acids is 1. The topological polar surface area (TPSA) is 97.3 Å². The summed E-state index contributed by atoms with van der Waals surface area (Å²) in [7, 11) is 4.69. The summed E-state index contributed by atoms with van der Waals surface area (Å²) in [5.41, 5.74) is 0.776. The zero-order valence-corrected chi connectivity index (χ0v) is 25.4. The number of benzene rings is 1. The lowest BCUT2D eigenvalue weighted by Crippen LogP contribution is -2.58. The highest BCUT2D eigenvalue weighted by atomic mass is 16.5. The summed E-state index contributed by atoms with van der Waals surface area (Å²) in [6.45, 7) is 7.11. The fourth-order valence-electron chi connectivity index (χ4n) is 10.1. The van der Waals surface area contributed by atoms with Crippen LogP contribution in [0.1, 0.15) is 85.0 Å². The fourth-order valence-corrected chi connectivity index (χ4v) is 10.1. The van der Waals surface area contributed by atoms with Gasteiger partial charge in [0.25, 0.3) is 0 Å². The standard InChI is InChI=1S/C33H51NO6/c1-19(7-12-30(37)34-21-16-27(38-4)31(40-6)28(17-21)39-5)24-10-11-25-23-9-8-20-15-22(35)13-14-32(20,2)26(23)18-29(36)33(24,25)3/h16-17,19-20,22-26,29,35-36H,7-15,18H2,1-6H3,(H,34,37). The maximum Gasteiger partial charge on any atom is 0.224 e. The smallest absolute Gasteiger partial charge is 0.224 e. The monoisotopic (exact) mass is 557 g/mol. The van der Waals surface area contributed by atoms with Crippen molar-refractivity contribution in [3.8, 4) is 17.2 Å². The third kappa shape index (κ3) is 4.89. The Labute approximate surface area is 240 Å². The van der Waals surface area contributed by atoms with Crippen LogP contribution in [0.25, 0.3) is 0 Å². The molecule has 1 aromatic carbocycles. The van der Waals surface area contributed by atoms with Gasteiger partial charge in [-0.25, -0.2) is 0 Å².